The van der Waals surface area contributed by atoms with Gasteiger partial charge in [-0.05, 0) is 37.1 Å². The SMILES string of the molecule is CC(=O)Nc1ccc(S[C@@H]2CCCCC2=O)cc1. The molecule has 0 radical (unpaired) electrons. The van der Waals surface area contributed by atoms with Crippen LogP contribution in [0.2, 0.25) is 0 Å². The van der Waals surface area contributed by atoms with Gasteiger partial charge in [0, 0.05) is 23.9 Å². The normalized spacial score (nSPS) is 19.6. The highest BCUT2D eigenvalue weighted by Crippen LogP contribution is 2.32. The fourth-order valence-electron chi connectivity index (χ4n) is 2.06. The van der Waals surface area contributed by atoms with Crippen molar-refractivity contribution in [2.75, 3.05) is 5.32 Å². The maximum atomic E-state index is 11.7. The fourth-order valence-corrected chi connectivity index (χ4v) is 3.22. The first-order valence-electron chi connectivity index (χ1n) is 6.22. The number of Topliss-reactive ketones (excluding diaryl/α,β-unsaturated/α-hetero) is 1. The standard InChI is InChI=1S/C14H17NO2S/c1-10(16)15-11-6-8-12(9-7-11)18-14-5-3-2-4-13(14)17/h6-9,14H,2-5H2,1H3,(H,15,16)/t14-/m1/s1. The van der Waals surface area contributed by atoms with Crippen LogP contribution in [0, 0.1) is 0 Å². The Morgan fingerprint density at radius 2 is 2.00 bits per heavy atom. The average molecular weight is 263 g/mol. The van der Waals surface area contributed by atoms with Gasteiger partial charge in [-0.3, -0.25) is 9.59 Å². The van der Waals surface area contributed by atoms with Crippen LogP contribution in [0.5, 0.6) is 0 Å². The van der Waals surface area contributed by atoms with Gasteiger partial charge in [-0.15, -0.1) is 11.8 Å². The first-order valence-corrected chi connectivity index (χ1v) is 7.10. The number of hydrogen-bond donors (Lipinski definition) is 1. The van der Waals surface area contributed by atoms with E-state index in [2.05, 4.69) is 5.32 Å². The van der Waals surface area contributed by atoms with E-state index in [0.29, 0.717) is 5.78 Å². The molecule has 1 aromatic rings. The molecule has 0 bridgehead atoms. The van der Waals surface area contributed by atoms with Crippen molar-refractivity contribution in [3.63, 3.8) is 0 Å². The molecule has 0 heterocycles. The lowest BCUT2D eigenvalue weighted by atomic mass is 9.99. The van der Waals surface area contributed by atoms with Gasteiger partial charge in [0.25, 0.3) is 0 Å². The minimum atomic E-state index is -0.0714. The molecular formula is C14H17NO2S. The molecule has 1 aliphatic rings. The van der Waals surface area contributed by atoms with Crippen molar-refractivity contribution in [2.45, 2.75) is 42.8 Å². The van der Waals surface area contributed by atoms with Gasteiger partial charge in [-0.25, -0.2) is 0 Å². The average Bonchev–Trinajstić information content (AvgIpc) is 2.34. The number of rotatable bonds is 3. The molecular weight excluding hydrogens is 246 g/mol. The first-order chi connectivity index (χ1) is 8.65. The van der Waals surface area contributed by atoms with Crippen molar-refractivity contribution in [2.24, 2.45) is 0 Å². The second kappa shape index (κ2) is 6.05. The van der Waals surface area contributed by atoms with Crippen LogP contribution in [0.1, 0.15) is 32.6 Å². The number of thioether (sulfide) groups is 1. The zero-order chi connectivity index (χ0) is 13.0. The lowest BCUT2D eigenvalue weighted by Gasteiger charge is -2.19. The topological polar surface area (TPSA) is 46.2 Å². The molecule has 0 aliphatic heterocycles. The number of benzene rings is 1. The summed E-state index contributed by atoms with van der Waals surface area (Å²) in [5.41, 5.74) is 0.793. The van der Waals surface area contributed by atoms with Crippen LogP contribution in [0.4, 0.5) is 5.69 Å². The Hall–Kier alpha value is -1.29. The summed E-state index contributed by atoms with van der Waals surface area (Å²) in [5, 5.41) is 2.85. The number of ketones is 1. The van der Waals surface area contributed by atoms with E-state index in [9.17, 15) is 9.59 Å². The molecule has 4 heteroatoms. The molecule has 96 valence electrons. The largest absolute Gasteiger partial charge is 0.326 e. The van der Waals surface area contributed by atoms with Crippen molar-refractivity contribution >= 4 is 29.1 Å². The highest BCUT2D eigenvalue weighted by Gasteiger charge is 2.22. The van der Waals surface area contributed by atoms with Crippen molar-refractivity contribution in [3.8, 4) is 0 Å². The molecule has 1 amide bonds. The number of nitrogens with one attached hydrogen (secondary N) is 1. The first kappa shape index (κ1) is 13.1. The van der Waals surface area contributed by atoms with Gasteiger partial charge in [0.2, 0.25) is 5.91 Å². The Labute approximate surface area is 111 Å². The number of carbonyl (C=O) groups excluding carboxylic acids is 2. The molecule has 1 N–H and O–H groups in total. The summed E-state index contributed by atoms with van der Waals surface area (Å²) in [6.07, 6.45) is 3.89. The lowest BCUT2D eigenvalue weighted by Crippen LogP contribution is -2.21. The summed E-state index contributed by atoms with van der Waals surface area (Å²) in [7, 11) is 0. The maximum absolute atomic E-state index is 11.7. The zero-order valence-electron chi connectivity index (χ0n) is 10.4. The summed E-state index contributed by atoms with van der Waals surface area (Å²) in [6.45, 7) is 1.49. The number of amides is 1. The maximum Gasteiger partial charge on any atom is 0.221 e. The Kier molecular flexibility index (Phi) is 4.42. The molecule has 1 atom stereocenters. The van der Waals surface area contributed by atoms with Gasteiger partial charge in [0.15, 0.2) is 0 Å². The molecule has 2 rings (SSSR count). The summed E-state index contributed by atoms with van der Waals surface area (Å²) in [4.78, 5) is 23.7. The van der Waals surface area contributed by atoms with Crippen molar-refractivity contribution in [3.05, 3.63) is 24.3 Å². The van der Waals surface area contributed by atoms with Crippen LogP contribution < -0.4 is 5.32 Å². The quantitative estimate of drug-likeness (QED) is 0.910. The predicted molar refractivity (Wildman–Crippen MR) is 73.9 cm³/mol. The van der Waals surface area contributed by atoms with Crippen LogP contribution in [0.3, 0.4) is 0 Å². The van der Waals surface area contributed by atoms with Gasteiger partial charge >= 0.3 is 0 Å². The van der Waals surface area contributed by atoms with Gasteiger partial charge < -0.3 is 5.32 Å². The van der Waals surface area contributed by atoms with E-state index in [0.717, 1.165) is 36.3 Å². The van der Waals surface area contributed by atoms with Crippen LogP contribution in [-0.2, 0) is 9.59 Å². The van der Waals surface area contributed by atoms with E-state index in [1.165, 1.54) is 6.92 Å². The van der Waals surface area contributed by atoms with E-state index < -0.39 is 0 Å². The lowest BCUT2D eigenvalue weighted by molar-refractivity contribution is -0.119. The van der Waals surface area contributed by atoms with Crippen LogP contribution in [0.25, 0.3) is 0 Å². The minimum Gasteiger partial charge on any atom is -0.326 e. The summed E-state index contributed by atoms with van der Waals surface area (Å²) in [6, 6.07) is 7.66. The third-order valence-corrected chi connectivity index (χ3v) is 4.28. The fraction of sp³-hybridized carbons (Fsp3) is 0.429. The zero-order valence-corrected chi connectivity index (χ0v) is 11.3. The van der Waals surface area contributed by atoms with Crippen LogP contribution in [0.15, 0.2) is 29.2 Å². The minimum absolute atomic E-state index is 0.0714. The highest BCUT2D eigenvalue weighted by molar-refractivity contribution is 8.00. The molecule has 1 fully saturated rings. The third kappa shape index (κ3) is 3.60. The van der Waals surface area contributed by atoms with Gasteiger partial charge in [0.05, 0.1) is 5.25 Å². The molecule has 0 aromatic heterocycles. The third-order valence-electron chi connectivity index (χ3n) is 2.95. The van der Waals surface area contributed by atoms with E-state index in [1.807, 2.05) is 24.3 Å². The predicted octanol–water partition coefficient (Wildman–Crippen LogP) is 3.25. The second-order valence-electron chi connectivity index (χ2n) is 4.52. The van der Waals surface area contributed by atoms with E-state index >= 15 is 0 Å². The number of anilines is 1. The molecule has 0 unspecified atom stereocenters. The van der Waals surface area contributed by atoms with Gasteiger partial charge in [0.1, 0.15) is 5.78 Å². The van der Waals surface area contributed by atoms with E-state index in [4.69, 9.17) is 0 Å². The summed E-state index contributed by atoms with van der Waals surface area (Å²) in [5.74, 6) is 0.301. The molecule has 18 heavy (non-hydrogen) atoms. The van der Waals surface area contributed by atoms with Crippen LogP contribution >= 0.6 is 11.8 Å². The molecule has 1 aromatic carbocycles. The van der Waals surface area contributed by atoms with Crippen molar-refractivity contribution < 1.29 is 9.59 Å². The molecule has 3 nitrogen and oxygen atoms in total. The van der Waals surface area contributed by atoms with Crippen LogP contribution in [-0.4, -0.2) is 16.9 Å². The monoisotopic (exact) mass is 263 g/mol. The Morgan fingerprint density at radius 3 is 2.61 bits per heavy atom. The number of hydrogen-bond acceptors (Lipinski definition) is 3. The summed E-state index contributed by atoms with van der Waals surface area (Å²) >= 11 is 1.64. The van der Waals surface area contributed by atoms with E-state index in [-0.39, 0.29) is 11.2 Å². The van der Waals surface area contributed by atoms with Crippen molar-refractivity contribution in [1.29, 1.82) is 0 Å². The van der Waals surface area contributed by atoms with Gasteiger partial charge in [-0.2, -0.15) is 0 Å². The smallest absolute Gasteiger partial charge is 0.221 e. The Morgan fingerprint density at radius 1 is 1.28 bits per heavy atom. The molecule has 0 spiro atoms. The molecule has 1 aliphatic carbocycles. The Bertz CT molecular complexity index is 442. The van der Waals surface area contributed by atoms with Crippen molar-refractivity contribution in [1.82, 2.24) is 0 Å². The second-order valence-corrected chi connectivity index (χ2v) is 5.80. The Balaban J connectivity index is 1.97. The summed E-state index contributed by atoms with van der Waals surface area (Å²) < 4.78 is 0. The molecule has 1 saturated carbocycles. The highest BCUT2D eigenvalue weighted by atomic mass is 32.2. The van der Waals surface area contributed by atoms with Gasteiger partial charge in [-0.1, -0.05) is 6.42 Å². The molecule has 0 saturated heterocycles. The number of carbonyl (C=O) groups is 2. The van der Waals surface area contributed by atoms with E-state index in [1.54, 1.807) is 11.8 Å².